The van der Waals surface area contributed by atoms with Crippen LogP contribution in [-0.2, 0) is 7.05 Å². The number of hydrogen-bond donors (Lipinski definition) is 1. The normalized spacial score (nSPS) is 12.9. The average molecular weight is 221 g/mol. The molecule has 0 bridgehead atoms. The number of nitrogens with two attached hydrogens (primary N) is 1. The summed E-state index contributed by atoms with van der Waals surface area (Å²) in [5, 5.41) is 3.86. The zero-order valence-electron chi connectivity index (χ0n) is 9.42. The Morgan fingerprint density at radius 1 is 1.56 bits per heavy atom. The van der Waals surface area contributed by atoms with E-state index < -0.39 is 0 Å². The Labute approximate surface area is 93.5 Å². The SMILES string of the molecule is CCCC(N)c1noc(-c2cn(C)cn2)n1. The molecule has 6 nitrogen and oxygen atoms in total. The van der Waals surface area contributed by atoms with E-state index in [9.17, 15) is 0 Å². The van der Waals surface area contributed by atoms with Gasteiger partial charge < -0.3 is 14.8 Å². The van der Waals surface area contributed by atoms with Crippen LogP contribution in [0.1, 0.15) is 31.6 Å². The van der Waals surface area contributed by atoms with Crippen LogP contribution in [0.15, 0.2) is 17.0 Å². The van der Waals surface area contributed by atoms with Crippen molar-refractivity contribution in [1.29, 1.82) is 0 Å². The molecule has 2 rings (SSSR count). The summed E-state index contributed by atoms with van der Waals surface area (Å²) in [7, 11) is 1.89. The fourth-order valence-corrected chi connectivity index (χ4v) is 1.45. The summed E-state index contributed by atoms with van der Waals surface area (Å²) >= 11 is 0. The minimum Gasteiger partial charge on any atom is -0.340 e. The molecule has 2 aromatic rings. The predicted molar refractivity (Wildman–Crippen MR) is 58.3 cm³/mol. The summed E-state index contributed by atoms with van der Waals surface area (Å²) in [5.41, 5.74) is 6.56. The van der Waals surface area contributed by atoms with Crippen molar-refractivity contribution < 1.29 is 4.52 Å². The molecule has 0 saturated heterocycles. The molecule has 6 heteroatoms. The Morgan fingerprint density at radius 3 is 3.00 bits per heavy atom. The molecule has 0 aliphatic rings. The summed E-state index contributed by atoms with van der Waals surface area (Å²) in [6.45, 7) is 2.07. The van der Waals surface area contributed by atoms with E-state index in [1.54, 1.807) is 6.33 Å². The van der Waals surface area contributed by atoms with Crippen molar-refractivity contribution in [3.63, 3.8) is 0 Å². The van der Waals surface area contributed by atoms with Gasteiger partial charge in [0.05, 0.1) is 12.4 Å². The van der Waals surface area contributed by atoms with E-state index in [1.165, 1.54) is 0 Å². The van der Waals surface area contributed by atoms with Gasteiger partial charge >= 0.3 is 0 Å². The first-order valence-electron chi connectivity index (χ1n) is 5.28. The standard InChI is InChI=1S/C10H15N5O/c1-3-4-7(11)9-13-10(16-14-9)8-5-15(2)6-12-8/h5-7H,3-4,11H2,1-2H3. The lowest BCUT2D eigenvalue weighted by Gasteiger charge is -2.02. The molecule has 0 amide bonds. The van der Waals surface area contributed by atoms with Crippen LogP contribution in [0.4, 0.5) is 0 Å². The zero-order valence-corrected chi connectivity index (χ0v) is 9.42. The lowest BCUT2D eigenvalue weighted by atomic mass is 10.2. The zero-order chi connectivity index (χ0) is 11.5. The van der Waals surface area contributed by atoms with Crippen molar-refractivity contribution >= 4 is 0 Å². The van der Waals surface area contributed by atoms with Gasteiger partial charge in [0.15, 0.2) is 5.82 Å². The number of aromatic nitrogens is 4. The predicted octanol–water partition coefficient (Wildman–Crippen LogP) is 1.27. The van der Waals surface area contributed by atoms with E-state index in [0.29, 0.717) is 17.4 Å². The first-order chi connectivity index (χ1) is 7.70. The first kappa shape index (κ1) is 10.8. The van der Waals surface area contributed by atoms with Gasteiger partial charge in [-0.1, -0.05) is 18.5 Å². The third kappa shape index (κ3) is 2.11. The second-order valence-corrected chi connectivity index (χ2v) is 3.78. The van der Waals surface area contributed by atoms with Gasteiger partial charge in [-0.25, -0.2) is 4.98 Å². The summed E-state index contributed by atoms with van der Waals surface area (Å²) in [6, 6.07) is -0.161. The highest BCUT2D eigenvalue weighted by Gasteiger charge is 2.15. The van der Waals surface area contributed by atoms with Crippen molar-refractivity contribution in [1.82, 2.24) is 19.7 Å². The molecule has 0 aromatic carbocycles. The second-order valence-electron chi connectivity index (χ2n) is 3.78. The van der Waals surface area contributed by atoms with Crippen LogP contribution in [0.2, 0.25) is 0 Å². The molecule has 0 spiro atoms. The highest BCUT2D eigenvalue weighted by molar-refractivity contribution is 5.44. The average Bonchev–Trinajstić information content (AvgIpc) is 2.85. The summed E-state index contributed by atoms with van der Waals surface area (Å²) < 4.78 is 6.94. The molecule has 0 saturated carbocycles. The Balaban J connectivity index is 2.19. The molecule has 2 N–H and O–H groups in total. The number of rotatable bonds is 4. The van der Waals surface area contributed by atoms with E-state index in [1.807, 2.05) is 17.8 Å². The fourth-order valence-electron chi connectivity index (χ4n) is 1.45. The van der Waals surface area contributed by atoms with Gasteiger partial charge in [0, 0.05) is 13.2 Å². The lowest BCUT2D eigenvalue weighted by Crippen LogP contribution is -2.11. The van der Waals surface area contributed by atoms with Crippen LogP contribution in [0.5, 0.6) is 0 Å². The largest absolute Gasteiger partial charge is 0.340 e. The van der Waals surface area contributed by atoms with Crippen LogP contribution in [-0.4, -0.2) is 19.7 Å². The Morgan fingerprint density at radius 2 is 2.38 bits per heavy atom. The van der Waals surface area contributed by atoms with Crippen molar-refractivity contribution in [3.05, 3.63) is 18.3 Å². The van der Waals surface area contributed by atoms with Crippen LogP contribution in [0.3, 0.4) is 0 Å². The molecular weight excluding hydrogens is 206 g/mol. The van der Waals surface area contributed by atoms with E-state index >= 15 is 0 Å². The number of aryl methyl sites for hydroxylation is 1. The fraction of sp³-hybridized carbons (Fsp3) is 0.500. The molecule has 16 heavy (non-hydrogen) atoms. The van der Waals surface area contributed by atoms with Crippen molar-refractivity contribution in [2.24, 2.45) is 12.8 Å². The van der Waals surface area contributed by atoms with E-state index in [4.69, 9.17) is 10.3 Å². The minimum atomic E-state index is -0.161. The van der Waals surface area contributed by atoms with Gasteiger partial charge in [0.2, 0.25) is 0 Å². The van der Waals surface area contributed by atoms with Gasteiger partial charge in [-0.05, 0) is 6.42 Å². The Bertz CT molecular complexity index is 461. The maximum Gasteiger partial charge on any atom is 0.278 e. The van der Waals surface area contributed by atoms with Crippen molar-refractivity contribution in [2.75, 3.05) is 0 Å². The second kappa shape index (κ2) is 4.44. The molecule has 0 radical (unpaired) electrons. The highest BCUT2D eigenvalue weighted by Crippen LogP contribution is 2.18. The summed E-state index contributed by atoms with van der Waals surface area (Å²) in [5.74, 6) is 0.963. The van der Waals surface area contributed by atoms with Crippen molar-refractivity contribution in [2.45, 2.75) is 25.8 Å². The summed E-state index contributed by atoms with van der Waals surface area (Å²) in [4.78, 5) is 8.36. The van der Waals surface area contributed by atoms with Crippen molar-refractivity contribution in [3.8, 4) is 11.6 Å². The molecule has 2 aromatic heterocycles. The van der Waals surface area contributed by atoms with Gasteiger partial charge in [-0.2, -0.15) is 4.98 Å². The smallest absolute Gasteiger partial charge is 0.278 e. The van der Waals surface area contributed by atoms with E-state index in [0.717, 1.165) is 12.8 Å². The number of imidazole rings is 1. The topological polar surface area (TPSA) is 82.8 Å². The third-order valence-electron chi connectivity index (χ3n) is 2.30. The first-order valence-corrected chi connectivity index (χ1v) is 5.28. The number of hydrogen-bond acceptors (Lipinski definition) is 5. The van der Waals surface area contributed by atoms with Crippen LogP contribution in [0, 0.1) is 0 Å². The van der Waals surface area contributed by atoms with Crippen LogP contribution < -0.4 is 5.73 Å². The maximum atomic E-state index is 5.89. The molecular formula is C10H15N5O. The van der Waals surface area contributed by atoms with Crippen LogP contribution >= 0.6 is 0 Å². The van der Waals surface area contributed by atoms with Gasteiger partial charge in [0.1, 0.15) is 5.69 Å². The van der Waals surface area contributed by atoms with Gasteiger partial charge in [-0.15, -0.1) is 0 Å². The maximum absolute atomic E-state index is 5.89. The molecule has 2 heterocycles. The molecule has 86 valence electrons. The molecule has 0 fully saturated rings. The highest BCUT2D eigenvalue weighted by atomic mass is 16.5. The lowest BCUT2D eigenvalue weighted by molar-refractivity contribution is 0.412. The minimum absolute atomic E-state index is 0.161. The summed E-state index contributed by atoms with van der Waals surface area (Å²) in [6.07, 6.45) is 5.35. The molecule has 0 aliphatic heterocycles. The number of nitrogens with zero attached hydrogens (tertiary/aromatic N) is 4. The molecule has 1 atom stereocenters. The van der Waals surface area contributed by atoms with E-state index in [-0.39, 0.29) is 6.04 Å². The Hall–Kier alpha value is -1.69. The third-order valence-corrected chi connectivity index (χ3v) is 2.30. The molecule has 1 unspecified atom stereocenters. The van der Waals surface area contributed by atoms with E-state index in [2.05, 4.69) is 22.0 Å². The molecule has 0 aliphatic carbocycles. The monoisotopic (exact) mass is 221 g/mol. The van der Waals surface area contributed by atoms with Gasteiger partial charge in [-0.3, -0.25) is 0 Å². The Kier molecular flexibility index (Phi) is 3.00. The van der Waals surface area contributed by atoms with Gasteiger partial charge in [0.25, 0.3) is 5.89 Å². The van der Waals surface area contributed by atoms with Crippen LogP contribution in [0.25, 0.3) is 11.6 Å². The quantitative estimate of drug-likeness (QED) is 0.840.